The van der Waals surface area contributed by atoms with Gasteiger partial charge in [-0.05, 0) is 48.8 Å². The first-order valence-electron chi connectivity index (χ1n) is 7.46. The quantitative estimate of drug-likeness (QED) is 0.887. The van der Waals surface area contributed by atoms with Crippen molar-refractivity contribution in [3.63, 3.8) is 0 Å². The van der Waals surface area contributed by atoms with E-state index in [1.807, 2.05) is 6.07 Å². The fourth-order valence-corrected chi connectivity index (χ4v) is 4.10. The summed E-state index contributed by atoms with van der Waals surface area (Å²) in [5.41, 5.74) is 8.62. The predicted molar refractivity (Wildman–Crippen MR) is 81.7 cm³/mol. The number of nitrogens with two attached hydrogens (primary N) is 1. The zero-order chi connectivity index (χ0) is 13.3. The van der Waals surface area contributed by atoms with Gasteiger partial charge in [0.05, 0.1) is 10.7 Å². The topological polar surface area (TPSA) is 29.3 Å². The van der Waals surface area contributed by atoms with Crippen LogP contribution in [0.15, 0.2) is 18.2 Å². The molecule has 2 aliphatic rings. The van der Waals surface area contributed by atoms with Gasteiger partial charge < -0.3 is 10.6 Å². The van der Waals surface area contributed by atoms with Crippen LogP contribution in [0.3, 0.4) is 0 Å². The van der Waals surface area contributed by atoms with Gasteiger partial charge in [0.15, 0.2) is 0 Å². The highest BCUT2D eigenvalue weighted by Gasteiger charge is 2.37. The molecule has 104 valence electrons. The normalized spacial score (nSPS) is 22.1. The average molecular weight is 279 g/mol. The number of benzene rings is 1. The molecule has 1 spiro atoms. The summed E-state index contributed by atoms with van der Waals surface area (Å²) in [5.74, 6) is 0. The van der Waals surface area contributed by atoms with Gasteiger partial charge in [-0.1, -0.05) is 30.5 Å². The van der Waals surface area contributed by atoms with Crippen LogP contribution in [0.5, 0.6) is 0 Å². The Morgan fingerprint density at radius 2 is 1.79 bits per heavy atom. The second kappa shape index (κ2) is 5.34. The number of halogens is 1. The van der Waals surface area contributed by atoms with E-state index in [-0.39, 0.29) is 0 Å². The van der Waals surface area contributed by atoms with Crippen molar-refractivity contribution in [1.29, 1.82) is 0 Å². The van der Waals surface area contributed by atoms with Crippen molar-refractivity contribution in [2.24, 2.45) is 11.1 Å². The Labute approximate surface area is 120 Å². The van der Waals surface area contributed by atoms with Crippen LogP contribution < -0.4 is 10.6 Å². The van der Waals surface area contributed by atoms with E-state index in [9.17, 15) is 0 Å². The van der Waals surface area contributed by atoms with Crippen molar-refractivity contribution in [3.8, 4) is 0 Å². The minimum Gasteiger partial charge on any atom is -0.370 e. The van der Waals surface area contributed by atoms with Gasteiger partial charge in [-0.15, -0.1) is 0 Å². The first-order valence-corrected chi connectivity index (χ1v) is 7.84. The Morgan fingerprint density at radius 1 is 1.11 bits per heavy atom. The van der Waals surface area contributed by atoms with Gasteiger partial charge in [-0.25, -0.2) is 0 Å². The fraction of sp³-hybridized carbons (Fsp3) is 0.625. The maximum atomic E-state index is 6.40. The zero-order valence-electron chi connectivity index (χ0n) is 11.5. The van der Waals surface area contributed by atoms with E-state index < -0.39 is 0 Å². The van der Waals surface area contributed by atoms with Gasteiger partial charge >= 0.3 is 0 Å². The molecule has 0 bridgehead atoms. The third-order valence-electron chi connectivity index (χ3n) is 5.08. The molecule has 2 fully saturated rings. The summed E-state index contributed by atoms with van der Waals surface area (Å²) in [5, 5.41) is 0.852. The van der Waals surface area contributed by atoms with Crippen LogP contribution in [0.25, 0.3) is 0 Å². The van der Waals surface area contributed by atoms with Crippen LogP contribution >= 0.6 is 11.6 Å². The summed E-state index contributed by atoms with van der Waals surface area (Å²) in [6.07, 6.45) is 8.43. The van der Waals surface area contributed by atoms with Crippen LogP contribution in [-0.4, -0.2) is 13.1 Å². The fourth-order valence-electron chi connectivity index (χ4n) is 3.78. The van der Waals surface area contributed by atoms with E-state index >= 15 is 0 Å². The van der Waals surface area contributed by atoms with Crippen LogP contribution in [-0.2, 0) is 6.54 Å². The molecule has 1 aliphatic heterocycles. The maximum Gasteiger partial charge on any atom is 0.0642 e. The minimum atomic E-state index is 0.559. The van der Waals surface area contributed by atoms with Crippen molar-refractivity contribution in [2.45, 2.75) is 45.1 Å². The largest absolute Gasteiger partial charge is 0.370 e. The lowest BCUT2D eigenvalue weighted by molar-refractivity contribution is 0.226. The van der Waals surface area contributed by atoms with Crippen LogP contribution in [0.4, 0.5) is 5.69 Å². The highest BCUT2D eigenvalue weighted by Crippen LogP contribution is 2.47. The molecule has 1 aromatic rings. The molecule has 0 amide bonds. The Kier molecular flexibility index (Phi) is 3.72. The van der Waals surface area contributed by atoms with Crippen molar-refractivity contribution in [2.75, 3.05) is 18.0 Å². The zero-order valence-corrected chi connectivity index (χ0v) is 12.3. The lowest BCUT2D eigenvalue weighted by atomic mass is 9.77. The summed E-state index contributed by atoms with van der Waals surface area (Å²) >= 11 is 6.40. The molecule has 0 unspecified atom stereocenters. The third-order valence-corrected chi connectivity index (χ3v) is 5.38. The molecule has 3 rings (SSSR count). The second-order valence-corrected chi connectivity index (χ2v) is 6.59. The second-order valence-electron chi connectivity index (χ2n) is 6.18. The number of hydrogen-bond acceptors (Lipinski definition) is 2. The standard InChI is InChI=1S/C16H23ClN2/c17-14-11-13(12-18)3-4-15(14)19-9-7-16(8-10-19)5-1-2-6-16/h3-4,11H,1-2,5-10,12,18H2. The summed E-state index contributed by atoms with van der Waals surface area (Å²) in [6.45, 7) is 2.87. The van der Waals surface area contributed by atoms with Crippen LogP contribution in [0.1, 0.15) is 44.1 Å². The van der Waals surface area contributed by atoms with Gasteiger partial charge in [-0.2, -0.15) is 0 Å². The molecule has 2 nitrogen and oxygen atoms in total. The van der Waals surface area contributed by atoms with Crippen molar-refractivity contribution in [1.82, 2.24) is 0 Å². The molecular weight excluding hydrogens is 256 g/mol. The summed E-state index contributed by atoms with van der Waals surface area (Å²) in [7, 11) is 0. The molecule has 19 heavy (non-hydrogen) atoms. The van der Waals surface area contributed by atoms with E-state index in [1.54, 1.807) is 0 Å². The van der Waals surface area contributed by atoms with Gasteiger partial charge in [0.25, 0.3) is 0 Å². The molecule has 0 atom stereocenters. The maximum absolute atomic E-state index is 6.40. The van der Waals surface area contributed by atoms with Gasteiger partial charge in [0, 0.05) is 19.6 Å². The Morgan fingerprint density at radius 3 is 2.37 bits per heavy atom. The molecule has 1 heterocycles. The van der Waals surface area contributed by atoms with Crippen LogP contribution in [0, 0.1) is 5.41 Å². The van der Waals surface area contributed by atoms with Crippen molar-refractivity contribution in [3.05, 3.63) is 28.8 Å². The molecule has 1 aliphatic carbocycles. The Balaban J connectivity index is 1.71. The van der Waals surface area contributed by atoms with Crippen molar-refractivity contribution >= 4 is 17.3 Å². The van der Waals surface area contributed by atoms with E-state index in [0.29, 0.717) is 12.0 Å². The molecule has 0 aromatic heterocycles. The average Bonchev–Trinajstić information content (AvgIpc) is 2.88. The minimum absolute atomic E-state index is 0.559. The first kappa shape index (κ1) is 13.3. The number of nitrogens with zero attached hydrogens (tertiary/aromatic N) is 1. The van der Waals surface area contributed by atoms with Gasteiger partial charge in [0.2, 0.25) is 0 Å². The van der Waals surface area contributed by atoms with Gasteiger partial charge in [-0.3, -0.25) is 0 Å². The Bertz CT molecular complexity index is 442. The van der Waals surface area contributed by atoms with Gasteiger partial charge in [0.1, 0.15) is 0 Å². The lowest BCUT2D eigenvalue weighted by Gasteiger charge is -2.40. The molecule has 3 heteroatoms. The Hall–Kier alpha value is -0.730. The van der Waals surface area contributed by atoms with E-state index in [4.69, 9.17) is 17.3 Å². The van der Waals surface area contributed by atoms with E-state index in [2.05, 4.69) is 17.0 Å². The molecular formula is C16H23ClN2. The summed E-state index contributed by atoms with van der Waals surface area (Å²) in [4.78, 5) is 2.45. The third kappa shape index (κ3) is 2.61. The highest BCUT2D eigenvalue weighted by molar-refractivity contribution is 6.33. The SMILES string of the molecule is NCc1ccc(N2CCC3(CCCC3)CC2)c(Cl)c1. The monoisotopic (exact) mass is 278 g/mol. The van der Waals surface area contributed by atoms with Crippen LogP contribution in [0.2, 0.25) is 5.02 Å². The molecule has 2 N–H and O–H groups in total. The number of rotatable bonds is 2. The number of hydrogen-bond donors (Lipinski definition) is 1. The van der Waals surface area contributed by atoms with E-state index in [0.717, 1.165) is 23.7 Å². The smallest absolute Gasteiger partial charge is 0.0642 e. The number of piperidine rings is 1. The first-order chi connectivity index (χ1) is 9.22. The molecule has 1 saturated heterocycles. The molecule has 0 radical (unpaired) electrons. The summed E-state index contributed by atoms with van der Waals surface area (Å²) < 4.78 is 0. The molecule has 1 saturated carbocycles. The predicted octanol–water partition coefficient (Wildman–Crippen LogP) is 3.96. The lowest BCUT2D eigenvalue weighted by Crippen LogP contribution is -2.39. The molecule has 1 aromatic carbocycles. The number of anilines is 1. The summed E-state index contributed by atoms with van der Waals surface area (Å²) in [6, 6.07) is 6.25. The van der Waals surface area contributed by atoms with E-state index in [1.165, 1.54) is 44.2 Å². The highest BCUT2D eigenvalue weighted by atomic mass is 35.5. The van der Waals surface area contributed by atoms with Crippen molar-refractivity contribution < 1.29 is 0 Å².